The second kappa shape index (κ2) is 10.3. The number of tetrazole rings is 1. The maximum atomic E-state index is 12.0. The van der Waals surface area contributed by atoms with Gasteiger partial charge >= 0.3 is 5.97 Å². The molecule has 4 aromatic rings. The Morgan fingerprint density at radius 1 is 1.15 bits per heavy atom. The SMILES string of the molecule is CCCCc1nc(Cl)c(C(C(=O)O)c2ccc(OCc3ccc(-c4nn[nH]n4)cc3)cc2)[nH]1. The molecule has 0 aliphatic heterocycles. The number of rotatable bonds is 10. The molecule has 2 aromatic carbocycles. The van der Waals surface area contributed by atoms with Crippen LogP contribution in [0.4, 0.5) is 0 Å². The van der Waals surface area contributed by atoms with Crippen LogP contribution >= 0.6 is 11.6 Å². The molecule has 3 N–H and O–H groups in total. The molecule has 33 heavy (non-hydrogen) atoms. The molecule has 0 saturated heterocycles. The van der Waals surface area contributed by atoms with Gasteiger partial charge in [0, 0.05) is 12.0 Å². The summed E-state index contributed by atoms with van der Waals surface area (Å²) in [5.41, 5.74) is 2.81. The fourth-order valence-electron chi connectivity index (χ4n) is 3.46. The summed E-state index contributed by atoms with van der Waals surface area (Å²) in [6.07, 6.45) is 2.69. The summed E-state index contributed by atoms with van der Waals surface area (Å²) >= 11 is 6.26. The van der Waals surface area contributed by atoms with Gasteiger partial charge in [-0.05, 0) is 34.9 Å². The lowest BCUT2D eigenvalue weighted by Crippen LogP contribution is -2.14. The Balaban J connectivity index is 1.43. The standard InChI is InChI=1S/C23H23ClN6O3/c1-2-3-4-18-25-20(21(24)26-18)19(23(31)32)15-9-11-17(12-10-15)33-13-14-5-7-16(8-6-14)22-27-29-30-28-22/h5-12,19H,2-4,13H2,1H3,(H,25,26)(H,31,32)(H,27,28,29,30). The summed E-state index contributed by atoms with van der Waals surface area (Å²) in [6.45, 7) is 2.45. The monoisotopic (exact) mass is 466 g/mol. The Kier molecular flexibility index (Phi) is 6.99. The number of hydrogen-bond donors (Lipinski definition) is 3. The predicted molar refractivity (Wildman–Crippen MR) is 122 cm³/mol. The zero-order valence-corrected chi connectivity index (χ0v) is 18.7. The summed E-state index contributed by atoms with van der Waals surface area (Å²) in [5, 5.41) is 23.9. The number of unbranched alkanes of at least 4 members (excludes halogenated alkanes) is 1. The first-order chi connectivity index (χ1) is 16.0. The number of nitrogens with one attached hydrogen (secondary N) is 2. The number of aromatic nitrogens is 6. The molecule has 170 valence electrons. The molecule has 0 saturated carbocycles. The van der Waals surface area contributed by atoms with Gasteiger partial charge in [-0.1, -0.05) is 61.3 Å². The molecule has 1 atom stereocenters. The highest BCUT2D eigenvalue weighted by atomic mass is 35.5. The number of benzene rings is 2. The van der Waals surface area contributed by atoms with Gasteiger partial charge in [-0.3, -0.25) is 4.79 Å². The summed E-state index contributed by atoms with van der Waals surface area (Å²) in [4.78, 5) is 19.4. The largest absolute Gasteiger partial charge is 0.489 e. The number of hydrogen-bond acceptors (Lipinski definition) is 6. The van der Waals surface area contributed by atoms with Gasteiger partial charge < -0.3 is 14.8 Å². The van der Waals surface area contributed by atoms with Crippen molar-refractivity contribution in [2.24, 2.45) is 0 Å². The third kappa shape index (κ3) is 5.38. The Labute approximate surface area is 195 Å². The fourth-order valence-corrected chi connectivity index (χ4v) is 3.72. The summed E-state index contributed by atoms with van der Waals surface area (Å²) in [5.74, 6) is -0.0798. The third-order valence-corrected chi connectivity index (χ3v) is 5.50. The summed E-state index contributed by atoms with van der Waals surface area (Å²) < 4.78 is 5.85. The quantitative estimate of drug-likeness (QED) is 0.316. The molecule has 0 bridgehead atoms. The van der Waals surface area contributed by atoms with Crippen molar-refractivity contribution in [3.8, 4) is 17.1 Å². The van der Waals surface area contributed by atoms with E-state index in [1.807, 2.05) is 24.3 Å². The van der Waals surface area contributed by atoms with E-state index < -0.39 is 11.9 Å². The second-order valence-corrected chi connectivity index (χ2v) is 7.91. The van der Waals surface area contributed by atoms with E-state index in [-0.39, 0.29) is 5.15 Å². The Hall–Kier alpha value is -3.72. The first kappa shape index (κ1) is 22.5. The number of carboxylic acid groups (broad SMARTS) is 1. The average molecular weight is 467 g/mol. The lowest BCUT2D eigenvalue weighted by molar-refractivity contribution is -0.137. The number of aromatic amines is 2. The van der Waals surface area contributed by atoms with Crippen LogP contribution < -0.4 is 4.74 Å². The van der Waals surface area contributed by atoms with E-state index in [1.54, 1.807) is 24.3 Å². The van der Waals surface area contributed by atoms with E-state index >= 15 is 0 Å². The van der Waals surface area contributed by atoms with Crippen molar-refractivity contribution in [3.05, 3.63) is 76.3 Å². The van der Waals surface area contributed by atoms with Gasteiger partial charge in [0.25, 0.3) is 0 Å². The fraction of sp³-hybridized carbons (Fsp3) is 0.261. The van der Waals surface area contributed by atoms with Crippen molar-refractivity contribution in [2.75, 3.05) is 0 Å². The van der Waals surface area contributed by atoms with E-state index in [9.17, 15) is 9.90 Å². The van der Waals surface area contributed by atoms with Crippen molar-refractivity contribution in [1.29, 1.82) is 0 Å². The lowest BCUT2D eigenvalue weighted by atomic mass is 9.96. The zero-order chi connectivity index (χ0) is 23.2. The number of H-pyrrole nitrogens is 2. The second-order valence-electron chi connectivity index (χ2n) is 7.55. The minimum atomic E-state index is -1.00. The minimum Gasteiger partial charge on any atom is -0.489 e. The smallest absolute Gasteiger partial charge is 0.317 e. The third-order valence-electron chi connectivity index (χ3n) is 5.21. The number of carboxylic acids is 1. The molecule has 4 rings (SSSR count). The molecule has 9 nitrogen and oxygen atoms in total. The van der Waals surface area contributed by atoms with E-state index in [4.69, 9.17) is 16.3 Å². The molecular formula is C23H23ClN6O3. The molecule has 0 spiro atoms. The molecule has 2 heterocycles. The number of nitrogens with zero attached hydrogens (tertiary/aromatic N) is 4. The highest BCUT2D eigenvalue weighted by molar-refractivity contribution is 6.30. The van der Waals surface area contributed by atoms with Gasteiger partial charge in [-0.15, -0.1) is 10.2 Å². The summed E-state index contributed by atoms with van der Waals surface area (Å²) in [7, 11) is 0. The van der Waals surface area contributed by atoms with Gasteiger partial charge in [0.2, 0.25) is 5.82 Å². The highest BCUT2D eigenvalue weighted by Crippen LogP contribution is 2.30. The first-order valence-corrected chi connectivity index (χ1v) is 11.0. The van der Waals surface area contributed by atoms with Gasteiger partial charge in [0.15, 0.2) is 5.15 Å². The molecule has 0 amide bonds. The van der Waals surface area contributed by atoms with Gasteiger partial charge in [0.05, 0.1) is 5.69 Å². The van der Waals surface area contributed by atoms with E-state index in [2.05, 4.69) is 37.5 Å². The number of halogens is 1. The maximum Gasteiger partial charge on any atom is 0.317 e. The number of aryl methyl sites for hydroxylation is 1. The molecule has 2 aromatic heterocycles. The van der Waals surface area contributed by atoms with Crippen molar-refractivity contribution in [2.45, 2.75) is 38.7 Å². The van der Waals surface area contributed by atoms with Gasteiger partial charge in [0.1, 0.15) is 24.1 Å². The van der Waals surface area contributed by atoms with Crippen molar-refractivity contribution in [1.82, 2.24) is 30.6 Å². The van der Waals surface area contributed by atoms with Crippen LogP contribution in [0.15, 0.2) is 48.5 Å². The topological polar surface area (TPSA) is 130 Å². The number of carbonyl (C=O) groups is 1. The van der Waals surface area contributed by atoms with Crippen LogP contribution in [-0.4, -0.2) is 41.7 Å². The van der Waals surface area contributed by atoms with Crippen LogP contribution in [0.2, 0.25) is 5.15 Å². The number of imidazole rings is 1. The number of ether oxygens (including phenoxy) is 1. The zero-order valence-electron chi connectivity index (χ0n) is 18.0. The van der Waals surface area contributed by atoms with Crippen LogP contribution in [0.1, 0.15) is 48.3 Å². The Morgan fingerprint density at radius 3 is 2.55 bits per heavy atom. The maximum absolute atomic E-state index is 12.0. The molecule has 0 aliphatic carbocycles. The molecule has 0 fully saturated rings. The van der Waals surface area contributed by atoms with Gasteiger partial charge in [-0.25, -0.2) is 4.98 Å². The minimum absolute atomic E-state index is 0.193. The van der Waals surface area contributed by atoms with Gasteiger partial charge in [-0.2, -0.15) is 5.21 Å². The predicted octanol–water partition coefficient (Wildman–Crippen LogP) is 4.38. The lowest BCUT2D eigenvalue weighted by Gasteiger charge is -2.13. The van der Waals surface area contributed by atoms with E-state index in [0.717, 1.165) is 30.4 Å². The van der Waals surface area contributed by atoms with Crippen molar-refractivity contribution >= 4 is 17.6 Å². The average Bonchev–Trinajstić information content (AvgIpc) is 3.48. The number of aliphatic carboxylic acids is 1. The Morgan fingerprint density at radius 2 is 1.91 bits per heavy atom. The Bertz CT molecular complexity index is 1190. The van der Waals surface area contributed by atoms with Crippen LogP contribution in [0, 0.1) is 0 Å². The molecule has 0 aliphatic rings. The molecule has 10 heteroatoms. The van der Waals surface area contributed by atoms with Crippen LogP contribution in [0.5, 0.6) is 5.75 Å². The molecule has 1 unspecified atom stereocenters. The van der Waals surface area contributed by atoms with Crippen LogP contribution in [0.3, 0.4) is 0 Å². The summed E-state index contributed by atoms with van der Waals surface area (Å²) in [6, 6.07) is 14.6. The van der Waals surface area contributed by atoms with E-state index in [1.165, 1.54) is 0 Å². The molecular weight excluding hydrogens is 444 g/mol. The van der Waals surface area contributed by atoms with Crippen molar-refractivity contribution < 1.29 is 14.6 Å². The van der Waals surface area contributed by atoms with Crippen LogP contribution in [-0.2, 0) is 17.8 Å². The van der Waals surface area contributed by atoms with Crippen molar-refractivity contribution in [3.63, 3.8) is 0 Å². The normalized spacial score (nSPS) is 11.9. The first-order valence-electron chi connectivity index (χ1n) is 10.6. The van der Waals surface area contributed by atoms with E-state index in [0.29, 0.717) is 35.3 Å². The van der Waals surface area contributed by atoms with Crippen LogP contribution in [0.25, 0.3) is 11.4 Å². The molecule has 0 radical (unpaired) electrons. The highest BCUT2D eigenvalue weighted by Gasteiger charge is 2.27.